The zero-order chi connectivity index (χ0) is 53.6. The second-order valence-corrected chi connectivity index (χ2v) is 20.9. The number of rotatable bonds is 11. The van der Waals surface area contributed by atoms with Gasteiger partial charge < -0.3 is 14.0 Å². The van der Waals surface area contributed by atoms with E-state index in [2.05, 4.69) is 336 Å². The predicted molar refractivity (Wildman–Crippen MR) is 342 cm³/mol. The average molecular weight is 1030 g/mol. The molecule has 13 aromatic carbocycles. The van der Waals surface area contributed by atoms with Crippen LogP contribution in [0.15, 0.2) is 322 Å². The van der Waals surface area contributed by atoms with E-state index in [1.54, 1.807) is 0 Å². The lowest BCUT2D eigenvalue weighted by Gasteiger charge is -2.26. The molecule has 2 aromatic heterocycles. The van der Waals surface area contributed by atoms with Crippen LogP contribution >= 0.6 is 0 Å². The fraction of sp³-hybridized carbons (Fsp3) is 0. The number of hydrogen-bond donors (Lipinski definition) is 0. The number of nitrogens with zero attached hydrogens (tertiary/aromatic N) is 3. The molecule has 0 unspecified atom stereocenters. The Kier molecular flexibility index (Phi) is 11.9. The highest BCUT2D eigenvalue weighted by Gasteiger charge is 2.18. The summed E-state index contributed by atoms with van der Waals surface area (Å²) in [6.45, 7) is 0. The van der Waals surface area contributed by atoms with E-state index in [0.717, 1.165) is 39.6 Å². The Morgan fingerprint density at radius 3 is 0.753 bits per heavy atom. The predicted octanol–water partition coefficient (Wildman–Crippen LogP) is 21.4. The summed E-state index contributed by atoms with van der Waals surface area (Å²) in [6.07, 6.45) is 0. The standard InChI is InChI=1S/C78H53N3/c1-3-13-54(14-4-1)56-23-27-58(28-24-56)60-31-42-66(43-32-60)79(67-44-33-61(34-45-67)59-29-25-57(26-30-59)55-15-5-2-6-16-55)68-46-35-62(36-47-68)63-37-48-70(49-38-63)81-77-22-12-9-19-73(77)74-53-65(41-52-78(74)81)64-39-50-69(51-40-64)80-75-20-10-7-17-71(75)72-18-8-11-21-76(72)80/h1-53H. The van der Waals surface area contributed by atoms with Crippen LogP contribution in [0.4, 0.5) is 17.1 Å². The van der Waals surface area contributed by atoms with Gasteiger partial charge in [0.2, 0.25) is 0 Å². The summed E-state index contributed by atoms with van der Waals surface area (Å²) in [6, 6.07) is 117. The Labute approximate surface area is 471 Å². The van der Waals surface area contributed by atoms with Crippen LogP contribution in [0.3, 0.4) is 0 Å². The van der Waals surface area contributed by atoms with Gasteiger partial charge in [-0.15, -0.1) is 0 Å². The summed E-state index contributed by atoms with van der Waals surface area (Å²) >= 11 is 0. The van der Waals surface area contributed by atoms with Crippen molar-refractivity contribution in [1.82, 2.24) is 9.13 Å². The molecule has 0 aliphatic carbocycles. The molecule has 15 aromatic rings. The van der Waals surface area contributed by atoms with Crippen LogP contribution in [0.25, 0.3) is 122 Å². The first-order valence-corrected chi connectivity index (χ1v) is 27.8. The number of hydrogen-bond acceptors (Lipinski definition) is 1. The Balaban J connectivity index is 0.720. The van der Waals surface area contributed by atoms with Crippen LogP contribution in [0, 0.1) is 0 Å². The molecule has 0 radical (unpaired) electrons. The molecule has 81 heavy (non-hydrogen) atoms. The fourth-order valence-corrected chi connectivity index (χ4v) is 12.1. The zero-order valence-electron chi connectivity index (χ0n) is 44.4. The summed E-state index contributed by atoms with van der Waals surface area (Å²) in [5.41, 5.74) is 24.6. The lowest BCUT2D eigenvalue weighted by Crippen LogP contribution is -2.09. The zero-order valence-corrected chi connectivity index (χ0v) is 44.4. The second kappa shape index (κ2) is 20.2. The maximum Gasteiger partial charge on any atom is 0.0541 e. The highest BCUT2D eigenvalue weighted by atomic mass is 15.1. The van der Waals surface area contributed by atoms with Gasteiger partial charge in [0.05, 0.1) is 22.1 Å². The smallest absolute Gasteiger partial charge is 0.0541 e. The topological polar surface area (TPSA) is 13.1 Å². The van der Waals surface area contributed by atoms with Gasteiger partial charge in [-0.1, -0.05) is 231 Å². The first-order valence-electron chi connectivity index (χ1n) is 27.8. The first kappa shape index (κ1) is 47.5. The SMILES string of the molecule is c1ccc(-c2ccc(-c3ccc(N(c4ccc(-c5ccc(-c6ccccc6)cc5)cc4)c4ccc(-c5ccc(-n6c7ccccc7c7cc(-c8ccc(-n9c%10ccccc%10c%10ccccc%109)cc8)ccc76)cc5)cc4)cc3)cc2)cc1. The largest absolute Gasteiger partial charge is 0.311 e. The maximum atomic E-state index is 2.40. The summed E-state index contributed by atoms with van der Waals surface area (Å²) in [5, 5.41) is 5.01. The molecule has 0 N–H and O–H groups in total. The highest BCUT2D eigenvalue weighted by Crippen LogP contribution is 2.41. The third-order valence-corrected chi connectivity index (χ3v) is 16.2. The molecule has 0 atom stereocenters. The van der Waals surface area contributed by atoms with Gasteiger partial charge in [0.15, 0.2) is 0 Å². The average Bonchev–Trinajstić information content (AvgIpc) is 4.29. The first-order chi connectivity index (χ1) is 40.1. The van der Waals surface area contributed by atoms with E-state index in [1.165, 1.54) is 99.2 Å². The Hall–Kier alpha value is -10.7. The number of aromatic nitrogens is 2. The summed E-state index contributed by atoms with van der Waals surface area (Å²) in [7, 11) is 0. The maximum absolute atomic E-state index is 2.40. The molecule has 0 saturated carbocycles. The van der Waals surface area contributed by atoms with Crippen molar-refractivity contribution in [2.24, 2.45) is 0 Å². The quantitative estimate of drug-likeness (QED) is 0.126. The normalized spacial score (nSPS) is 11.5. The third-order valence-electron chi connectivity index (χ3n) is 16.2. The van der Waals surface area contributed by atoms with Crippen LogP contribution < -0.4 is 4.90 Å². The molecule has 15 rings (SSSR count). The van der Waals surface area contributed by atoms with Gasteiger partial charge in [0.25, 0.3) is 0 Å². The summed E-state index contributed by atoms with van der Waals surface area (Å²) < 4.78 is 4.78. The van der Waals surface area contributed by atoms with Gasteiger partial charge in [-0.05, 0) is 158 Å². The van der Waals surface area contributed by atoms with Crippen molar-refractivity contribution < 1.29 is 0 Å². The van der Waals surface area contributed by atoms with Gasteiger partial charge in [0.1, 0.15) is 0 Å². The highest BCUT2D eigenvalue weighted by molar-refractivity contribution is 6.11. The van der Waals surface area contributed by atoms with Crippen molar-refractivity contribution >= 4 is 60.7 Å². The van der Waals surface area contributed by atoms with Crippen LogP contribution in [0.1, 0.15) is 0 Å². The van der Waals surface area contributed by atoms with Crippen LogP contribution in [0.5, 0.6) is 0 Å². The van der Waals surface area contributed by atoms with Gasteiger partial charge in [-0.25, -0.2) is 0 Å². The molecule has 0 bridgehead atoms. The fourth-order valence-electron chi connectivity index (χ4n) is 12.1. The van der Waals surface area contributed by atoms with Crippen LogP contribution in [-0.4, -0.2) is 9.13 Å². The van der Waals surface area contributed by atoms with E-state index in [4.69, 9.17) is 0 Å². The van der Waals surface area contributed by atoms with Crippen molar-refractivity contribution in [3.63, 3.8) is 0 Å². The van der Waals surface area contributed by atoms with Crippen molar-refractivity contribution in [2.75, 3.05) is 4.90 Å². The van der Waals surface area contributed by atoms with E-state index in [0.29, 0.717) is 0 Å². The van der Waals surface area contributed by atoms with Crippen molar-refractivity contribution in [2.45, 2.75) is 0 Å². The minimum Gasteiger partial charge on any atom is -0.311 e. The lowest BCUT2D eigenvalue weighted by atomic mass is 9.99. The number of benzene rings is 13. The molecule has 2 heterocycles. The van der Waals surface area contributed by atoms with Gasteiger partial charge >= 0.3 is 0 Å². The van der Waals surface area contributed by atoms with Crippen molar-refractivity contribution in [3.05, 3.63) is 322 Å². The molecule has 0 amide bonds. The minimum absolute atomic E-state index is 1.08. The van der Waals surface area contributed by atoms with E-state index in [-0.39, 0.29) is 0 Å². The summed E-state index contributed by atoms with van der Waals surface area (Å²) in [4.78, 5) is 2.35. The Morgan fingerprint density at radius 2 is 0.407 bits per heavy atom. The van der Waals surface area contributed by atoms with Crippen molar-refractivity contribution in [1.29, 1.82) is 0 Å². The van der Waals surface area contributed by atoms with E-state index in [9.17, 15) is 0 Å². The van der Waals surface area contributed by atoms with E-state index >= 15 is 0 Å². The van der Waals surface area contributed by atoms with Crippen molar-refractivity contribution in [3.8, 4) is 78.1 Å². The molecule has 0 saturated heterocycles. The van der Waals surface area contributed by atoms with E-state index < -0.39 is 0 Å². The number of fused-ring (bicyclic) bond motifs is 6. The molecule has 0 spiro atoms. The number of para-hydroxylation sites is 3. The Morgan fingerprint density at radius 1 is 0.173 bits per heavy atom. The van der Waals surface area contributed by atoms with Gasteiger partial charge in [-0.2, -0.15) is 0 Å². The molecule has 3 nitrogen and oxygen atoms in total. The van der Waals surface area contributed by atoms with Gasteiger partial charge in [0, 0.05) is 50.0 Å². The monoisotopic (exact) mass is 1030 g/mol. The lowest BCUT2D eigenvalue weighted by molar-refractivity contribution is 1.18. The molecule has 380 valence electrons. The number of anilines is 3. The van der Waals surface area contributed by atoms with Crippen LogP contribution in [-0.2, 0) is 0 Å². The molecule has 0 aliphatic rings. The van der Waals surface area contributed by atoms with E-state index in [1.807, 2.05) is 0 Å². The molecular formula is C78H53N3. The molecule has 3 heteroatoms. The van der Waals surface area contributed by atoms with Crippen LogP contribution in [0.2, 0.25) is 0 Å². The third kappa shape index (κ3) is 8.75. The summed E-state index contributed by atoms with van der Waals surface area (Å²) in [5.74, 6) is 0. The molecule has 0 aliphatic heterocycles. The van der Waals surface area contributed by atoms with Gasteiger partial charge in [-0.3, -0.25) is 0 Å². The molecular weight excluding hydrogens is 979 g/mol. The minimum atomic E-state index is 1.08. The molecule has 0 fully saturated rings. The Bertz CT molecular complexity index is 4530. The second-order valence-electron chi connectivity index (χ2n) is 20.9.